The van der Waals surface area contributed by atoms with Gasteiger partial charge in [-0.3, -0.25) is 9.59 Å². The van der Waals surface area contributed by atoms with Crippen LogP contribution in [0.15, 0.2) is 48.5 Å². The molecule has 0 heterocycles. The van der Waals surface area contributed by atoms with E-state index < -0.39 is 59.2 Å². The maximum atomic E-state index is 14.5. The zero-order chi connectivity index (χ0) is 35.7. The molecule has 10 nitrogen and oxygen atoms in total. The third-order valence-electron chi connectivity index (χ3n) is 7.35. The maximum absolute atomic E-state index is 14.5. The molecule has 0 spiro atoms. The summed E-state index contributed by atoms with van der Waals surface area (Å²) in [6.45, 7) is 19.7. The fourth-order valence-corrected chi connectivity index (χ4v) is 5.04. The van der Waals surface area contributed by atoms with Crippen LogP contribution in [0.5, 0.6) is 5.75 Å². The Morgan fingerprint density at radius 1 is 0.830 bits per heavy atom. The van der Waals surface area contributed by atoms with Crippen molar-refractivity contribution in [2.45, 2.75) is 131 Å². The number of carbonyl (C=O) groups excluding carboxylic acids is 4. The summed E-state index contributed by atoms with van der Waals surface area (Å²) in [5.41, 5.74) is 0.179. The highest BCUT2D eigenvalue weighted by atomic mass is 16.6. The number of esters is 1. The van der Waals surface area contributed by atoms with Gasteiger partial charge in [-0.05, 0) is 110 Å². The van der Waals surface area contributed by atoms with E-state index in [1.165, 1.54) is 11.0 Å². The zero-order valence-corrected chi connectivity index (χ0v) is 30.0. The predicted molar refractivity (Wildman–Crippen MR) is 183 cm³/mol. The Labute approximate surface area is 280 Å². The number of phenols is 1. The molecular weight excluding hydrogens is 598 g/mol. The highest BCUT2D eigenvalue weighted by Gasteiger charge is 2.39. The smallest absolute Gasteiger partial charge is 0.408 e. The minimum Gasteiger partial charge on any atom is -0.508 e. The quantitative estimate of drug-likeness (QED) is 0.214. The van der Waals surface area contributed by atoms with Gasteiger partial charge in [-0.1, -0.05) is 50.2 Å². The van der Waals surface area contributed by atoms with Gasteiger partial charge in [0, 0.05) is 12.5 Å². The third kappa shape index (κ3) is 12.9. The lowest BCUT2D eigenvalue weighted by molar-refractivity contribution is -0.159. The van der Waals surface area contributed by atoms with E-state index in [1.807, 2.05) is 37.3 Å². The minimum atomic E-state index is -1.22. The number of amides is 3. The highest BCUT2D eigenvalue weighted by molar-refractivity contribution is 5.94. The first kappa shape index (κ1) is 39.1. The second kappa shape index (κ2) is 16.7. The highest BCUT2D eigenvalue weighted by Crippen LogP contribution is 2.30. The Morgan fingerprint density at radius 2 is 1.43 bits per heavy atom. The van der Waals surface area contributed by atoms with Gasteiger partial charge in [-0.25, -0.2) is 9.59 Å². The number of nitrogens with zero attached hydrogens (tertiary/aromatic N) is 1. The summed E-state index contributed by atoms with van der Waals surface area (Å²) in [5, 5.41) is 15.9. The van der Waals surface area contributed by atoms with Crippen molar-refractivity contribution in [3.8, 4) is 5.75 Å². The largest absolute Gasteiger partial charge is 0.508 e. The molecule has 3 N–H and O–H groups in total. The van der Waals surface area contributed by atoms with Crippen molar-refractivity contribution in [2.24, 2.45) is 5.92 Å². The number of nitrogens with one attached hydrogen (secondary N) is 2. The third-order valence-corrected chi connectivity index (χ3v) is 7.35. The predicted octanol–water partition coefficient (Wildman–Crippen LogP) is 6.38. The number of ether oxygens (including phenoxy) is 2. The molecule has 0 bridgehead atoms. The molecule has 2 rings (SSSR count). The Kier molecular flexibility index (Phi) is 13.9. The summed E-state index contributed by atoms with van der Waals surface area (Å²) in [4.78, 5) is 56.5. The van der Waals surface area contributed by atoms with E-state index in [-0.39, 0.29) is 12.2 Å². The van der Waals surface area contributed by atoms with Gasteiger partial charge in [0.05, 0.1) is 0 Å². The molecule has 0 aliphatic heterocycles. The van der Waals surface area contributed by atoms with Gasteiger partial charge in [0.1, 0.15) is 35.1 Å². The molecule has 0 aromatic heterocycles. The van der Waals surface area contributed by atoms with E-state index in [4.69, 9.17) is 9.47 Å². The fourth-order valence-electron chi connectivity index (χ4n) is 5.04. The second-order valence-electron chi connectivity index (χ2n) is 14.7. The maximum Gasteiger partial charge on any atom is 0.408 e. The van der Waals surface area contributed by atoms with E-state index in [0.717, 1.165) is 12.0 Å². The molecule has 0 saturated carbocycles. The Bertz CT molecular complexity index is 1360. The van der Waals surface area contributed by atoms with Gasteiger partial charge in [0.15, 0.2) is 0 Å². The summed E-state index contributed by atoms with van der Waals surface area (Å²) < 4.78 is 11.1. The summed E-state index contributed by atoms with van der Waals surface area (Å²) >= 11 is 0. The SMILES string of the molecule is Cc1cc(C(C(=O)NC(Cc2ccccc2)C(=O)OC(C)(C)C)N(C(=O)C(C)NC(=O)OC(C)(C)C)C(C)CCC(C)C)ccc1O. The van der Waals surface area contributed by atoms with Crippen molar-refractivity contribution in [3.05, 3.63) is 65.2 Å². The first-order valence-corrected chi connectivity index (χ1v) is 16.4. The van der Waals surface area contributed by atoms with Gasteiger partial charge >= 0.3 is 12.1 Å². The van der Waals surface area contributed by atoms with E-state index >= 15 is 0 Å². The molecule has 4 atom stereocenters. The summed E-state index contributed by atoms with van der Waals surface area (Å²) in [5.74, 6) is -1.35. The van der Waals surface area contributed by atoms with Gasteiger partial charge in [0.2, 0.25) is 11.8 Å². The van der Waals surface area contributed by atoms with Crippen molar-refractivity contribution in [1.29, 1.82) is 0 Å². The number of benzene rings is 2. The first-order chi connectivity index (χ1) is 21.7. The number of hydrogen-bond acceptors (Lipinski definition) is 7. The van der Waals surface area contributed by atoms with E-state index in [0.29, 0.717) is 23.5 Å². The van der Waals surface area contributed by atoms with Gasteiger partial charge < -0.3 is 30.1 Å². The van der Waals surface area contributed by atoms with Crippen LogP contribution in [-0.4, -0.2) is 63.2 Å². The Balaban J connectivity index is 2.65. The van der Waals surface area contributed by atoms with Crippen LogP contribution in [0.1, 0.15) is 105 Å². The summed E-state index contributed by atoms with van der Waals surface area (Å²) in [6, 6.07) is 10.2. The van der Waals surface area contributed by atoms with Crippen molar-refractivity contribution in [1.82, 2.24) is 15.5 Å². The van der Waals surface area contributed by atoms with Crippen molar-refractivity contribution < 1.29 is 33.8 Å². The molecule has 2 aromatic carbocycles. The second-order valence-corrected chi connectivity index (χ2v) is 14.7. The van der Waals surface area contributed by atoms with E-state index in [9.17, 15) is 24.3 Å². The molecule has 260 valence electrons. The zero-order valence-electron chi connectivity index (χ0n) is 30.0. The lowest BCUT2D eigenvalue weighted by Crippen LogP contribution is -2.56. The van der Waals surface area contributed by atoms with Crippen molar-refractivity contribution in [3.63, 3.8) is 0 Å². The molecule has 4 unspecified atom stereocenters. The normalized spacial score (nSPS) is 14.4. The van der Waals surface area contributed by atoms with Crippen LogP contribution in [0.25, 0.3) is 0 Å². The van der Waals surface area contributed by atoms with Gasteiger partial charge in [-0.15, -0.1) is 0 Å². The van der Waals surface area contributed by atoms with Crippen LogP contribution in [0.2, 0.25) is 0 Å². The van der Waals surface area contributed by atoms with Gasteiger partial charge in [0.25, 0.3) is 0 Å². The molecule has 0 saturated heterocycles. The molecule has 2 aromatic rings. The molecule has 0 radical (unpaired) electrons. The summed E-state index contributed by atoms with van der Waals surface area (Å²) in [7, 11) is 0. The average molecular weight is 654 g/mol. The lowest BCUT2D eigenvalue weighted by atomic mass is 9.95. The minimum absolute atomic E-state index is 0.0364. The van der Waals surface area contributed by atoms with E-state index in [2.05, 4.69) is 24.5 Å². The van der Waals surface area contributed by atoms with Crippen LogP contribution < -0.4 is 10.6 Å². The monoisotopic (exact) mass is 653 g/mol. The van der Waals surface area contributed by atoms with Crippen LogP contribution in [0.4, 0.5) is 4.79 Å². The molecule has 3 amide bonds. The number of rotatable bonds is 13. The number of hydrogen-bond donors (Lipinski definition) is 3. The molecule has 0 aliphatic carbocycles. The number of aryl methyl sites for hydroxylation is 1. The molecular formula is C37H55N3O7. The fraction of sp³-hybridized carbons (Fsp3) is 0.568. The average Bonchev–Trinajstić information content (AvgIpc) is 2.93. The number of phenolic OH excluding ortho intramolecular Hbond substituents is 1. The standard InChI is InChI=1S/C37H55N3O7/c1-23(2)17-18-25(4)40(33(43)26(5)38-35(45)47-37(9,10)11)31(28-19-20-30(41)24(3)21-28)32(42)39-29(34(44)46-36(6,7)8)22-27-15-13-12-14-16-27/h12-16,19-21,23,25-26,29,31,41H,17-18,22H2,1-11H3,(H,38,45)(H,39,42). The first-order valence-electron chi connectivity index (χ1n) is 16.4. The van der Waals surface area contributed by atoms with Crippen LogP contribution in [-0.2, 0) is 30.3 Å². The Morgan fingerprint density at radius 3 is 1.96 bits per heavy atom. The van der Waals surface area contributed by atoms with Crippen molar-refractivity contribution in [2.75, 3.05) is 0 Å². The van der Waals surface area contributed by atoms with Crippen LogP contribution in [0.3, 0.4) is 0 Å². The number of alkyl carbamates (subject to hydrolysis) is 1. The topological polar surface area (TPSA) is 134 Å². The van der Waals surface area contributed by atoms with Crippen LogP contribution >= 0.6 is 0 Å². The number of aromatic hydroxyl groups is 1. The lowest BCUT2D eigenvalue weighted by Gasteiger charge is -2.39. The van der Waals surface area contributed by atoms with Gasteiger partial charge in [-0.2, -0.15) is 0 Å². The van der Waals surface area contributed by atoms with E-state index in [1.54, 1.807) is 67.5 Å². The van der Waals surface area contributed by atoms with Crippen LogP contribution in [0, 0.1) is 12.8 Å². The molecule has 0 aliphatic rings. The summed E-state index contributed by atoms with van der Waals surface area (Å²) in [6.07, 6.45) is 0.748. The number of carbonyl (C=O) groups is 4. The van der Waals surface area contributed by atoms with Crippen molar-refractivity contribution >= 4 is 23.9 Å². The molecule has 47 heavy (non-hydrogen) atoms. The molecule has 10 heteroatoms. The molecule has 0 fully saturated rings. The Hall–Kier alpha value is -4.08.